The molecule has 0 unspecified atom stereocenters. The highest BCUT2D eigenvalue weighted by Crippen LogP contribution is 2.25. The Morgan fingerprint density at radius 2 is 2.00 bits per heavy atom. The van der Waals surface area contributed by atoms with Gasteiger partial charge in [0.15, 0.2) is 0 Å². The van der Waals surface area contributed by atoms with Crippen LogP contribution in [0.3, 0.4) is 0 Å². The fourth-order valence-electron chi connectivity index (χ4n) is 1.39. The van der Waals surface area contributed by atoms with Gasteiger partial charge >= 0.3 is 0 Å². The van der Waals surface area contributed by atoms with Crippen LogP contribution in [0, 0.1) is 0 Å². The summed E-state index contributed by atoms with van der Waals surface area (Å²) in [6.07, 6.45) is 0.495. The second-order valence-electron chi connectivity index (χ2n) is 3.78. The van der Waals surface area contributed by atoms with Crippen LogP contribution in [-0.2, 0) is 6.54 Å². The first-order valence-corrected chi connectivity index (χ1v) is 5.88. The Morgan fingerprint density at radius 1 is 1.41 bits per heavy atom. The summed E-state index contributed by atoms with van der Waals surface area (Å²) in [5, 5.41) is 12.6. The van der Waals surface area contributed by atoms with Crippen molar-refractivity contribution in [2.24, 2.45) is 10.9 Å². The number of hydrogen-bond acceptors (Lipinski definition) is 3. The van der Waals surface area contributed by atoms with Crippen LogP contribution < -0.4 is 5.73 Å². The quantitative estimate of drug-likeness (QED) is 0.376. The molecule has 94 valence electrons. The second-order valence-corrected chi connectivity index (χ2v) is 4.59. The van der Waals surface area contributed by atoms with Crippen molar-refractivity contribution in [2.75, 3.05) is 13.6 Å². The van der Waals surface area contributed by atoms with E-state index in [9.17, 15) is 0 Å². The monoisotopic (exact) mass is 275 g/mol. The standard InChI is InChI=1S/C11H15Cl2N3O/c1-16(6-5-11(14)15-17)7-8-9(12)3-2-4-10(8)13/h2-4,17H,5-7H2,1H3,(H2,14,15). The van der Waals surface area contributed by atoms with E-state index in [0.717, 1.165) is 5.56 Å². The summed E-state index contributed by atoms with van der Waals surface area (Å²) in [5.41, 5.74) is 6.28. The van der Waals surface area contributed by atoms with Crippen LogP contribution in [0.25, 0.3) is 0 Å². The third-order valence-corrected chi connectivity index (χ3v) is 3.08. The van der Waals surface area contributed by atoms with Gasteiger partial charge in [-0.25, -0.2) is 0 Å². The van der Waals surface area contributed by atoms with E-state index in [1.54, 1.807) is 12.1 Å². The van der Waals surface area contributed by atoms with Crippen molar-refractivity contribution in [2.45, 2.75) is 13.0 Å². The average Bonchev–Trinajstić information content (AvgIpc) is 2.31. The third-order valence-electron chi connectivity index (χ3n) is 2.37. The van der Waals surface area contributed by atoms with Crippen LogP contribution in [0.5, 0.6) is 0 Å². The Bertz CT molecular complexity index is 389. The van der Waals surface area contributed by atoms with Crippen molar-refractivity contribution in [1.29, 1.82) is 0 Å². The molecule has 17 heavy (non-hydrogen) atoms. The van der Waals surface area contributed by atoms with Crippen molar-refractivity contribution in [3.05, 3.63) is 33.8 Å². The minimum absolute atomic E-state index is 0.210. The number of nitrogens with two attached hydrogens (primary N) is 1. The molecule has 6 heteroatoms. The molecule has 1 aromatic carbocycles. The van der Waals surface area contributed by atoms with Gasteiger partial charge in [-0.2, -0.15) is 0 Å². The lowest BCUT2D eigenvalue weighted by Gasteiger charge is -2.17. The van der Waals surface area contributed by atoms with Gasteiger partial charge in [-0.3, -0.25) is 0 Å². The summed E-state index contributed by atoms with van der Waals surface area (Å²) in [6.45, 7) is 1.29. The van der Waals surface area contributed by atoms with E-state index in [1.165, 1.54) is 0 Å². The second kappa shape index (κ2) is 6.69. The molecule has 0 amide bonds. The van der Waals surface area contributed by atoms with E-state index in [-0.39, 0.29) is 5.84 Å². The number of hydrogen-bond donors (Lipinski definition) is 2. The Hall–Kier alpha value is -0.970. The van der Waals surface area contributed by atoms with Crippen molar-refractivity contribution in [3.8, 4) is 0 Å². The van der Waals surface area contributed by atoms with Crippen molar-refractivity contribution < 1.29 is 5.21 Å². The molecule has 0 spiro atoms. The fourth-order valence-corrected chi connectivity index (χ4v) is 1.90. The van der Waals surface area contributed by atoms with Crippen molar-refractivity contribution in [3.63, 3.8) is 0 Å². The van der Waals surface area contributed by atoms with Gasteiger partial charge in [-0.1, -0.05) is 34.4 Å². The smallest absolute Gasteiger partial charge is 0.140 e. The highest BCUT2D eigenvalue weighted by Gasteiger charge is 2.08. The van der Waals surface area contributed by atoms with Gasteiger partial charge in [0, 0.05) is 35.1 Å². The van der Waals surface area contributed by atoms with Gasteiger partial charge in [0.05, 0.1) is 0 Å². The molecule has 0 aliphatic rings. The SMILES string of the molecule is CN(CC/C(N)=N/O)Cc1c(Cl)cccc1Cl. The zero-order valence-electron chi connectivity index (χ0n) is 9.53. The summed E-state index contributed by atoms with van der Waals surface area (Å²) in [5.74, 6) is 0.210. The first kappa shape index (κ1) is 14.1. The molecule has 0 heterocycles. The molecule has 0 saturated carbocycles. The lowest BCUT2D eigenvalue weighted by Crippen LogP contribution is -2.24. The van der Waals surface area contributed by atoms with E-state index in [2.05, 4.69) is 5.16 Å². The third kappa shape index (κ3) is 4.42. The Balaban J connectivity index is 2.59. The summed E-state index contributed by atoms with van der Waals surface area (Å²) >= 11 is 12.1. The van der Waals surface area contributed by atoms with E-state index < -0.39 is 0 Å². The number of oxime groups is 1. The maximum Gasteiger partial charge on any atom is 0.140 e. The van der Waals surface area contributed by atoms with E-state index in [1.807, 2.05) is 18.0 Å². The minimum Gasteiger partial charge on any atom is -0.409 e. The molecule has 0 radical (unpaired) electrons. The number of amidine groups is 1. The summed E-state index contributed by atoms with van der Waals surface area (Å²) < 4.78 is 0. The molecule has 0 aromatic heterocycles. The zero-order valence-corrected chi connectivity index (χ0v) is 11.0. The Kier molecular flexibility index (Phi) is 5.55. The topological polar surface area (TPSA) is 61.8 Å². The largest absolute Gasteiger partial charge is 0.409 e. The average molecular weight is 276 g/mol. The lowest BCUT2D eigenvalue weighted by molar-refractivity contribution is 0.309. The Labute approximate surface area is 111 Å². The molecule has 0 aliphatic carbocycles. The van der Waals surface area contributed by atoms with Gasteiger partial charge in [0.25, 0.3) is 0 Å². The maximum atomic E-state index is 8.43. The first-order chi connectivity index (χ1) is 8.04. The number of rotatable bonds is 5. The molecule has 3 N–H and O–H groups in total. The van der Waals surface area contributed by atoms with Crippen LogP contribution in [0.4, 0.5) is 0 Å². The first-order valence-electron chi connectivity index (χ1n) is 5.12. The molecule has 0 bridgehead atoms. The minimum atomic E-state index is 0.210. The van der Waals surface area contributed by atoms with Crippen molar-refractivity contribution in [1.82, 2.24) is 4.90 Å². The van der Waals surface area contributed by atoms with E-state index >= 15 is 0 Å². The fraction of sp³-hybridized carbons (Fsp3) is 0.364. The molecule has 0 aliphatic heterocycles. The van der Waals surface area contributed by atoms with Crippen LogP contribution in [0.15, 0.2) is 23.4 Å². The lowest BCUT2D eigenvalue weighted by atomic mass is 10.2. The van der Waals surface area contributed by atoms with Gasteiger partial charge in [-0.05, 0) is 19.2 Å². The molecule has 1 aromatic rings. The molecule has 0 saturated heterocycles. The predicted molar refractivity (Wildman–Crippen MR) is 70.8 cm³/mol. The van der Waals surface area contributed by atoms with Gasteiger partial charge in [0.1, 0.15) is 5.84 Å². The number of halogens is 2. The summed E-state index contributed by atoms with van der Waals surface area (Å²) in [6, 6.07) is 5.42. The Morgan fingerprint density at radius 3 is 2.53 bits per heavy atom. The molecule has 0 fully saturated rings. The number of nitrogens with zero attached hydrogens (tertiary/aromatic N) is 2. The summed E-state index contributed by atoms with van der Waals surface area (Å²) in [7, 11) is 1.92. The summed E-state index contributed by atoms with van der Waals surface area (Å²) in [4.78, 5) is 2.01. The molecule has 4 nitrogen and oxygen atoms in total. The molecule has 1 rings (SSSR count). The van der Waals surface area contributed by atoms with Crippen molar-refractivity contribution >= 4 is 29.0 Å². The van der Waals surface area contributed by atoms with Gasteiger partial charge in [-0.15, -0.1) is 0 Å². The highest BCUT2D eigenvalue weighted by molar-refractivity contribution is 6.35. The van der Waals surface area contributed by atoms with Crippen LogP contribution >= 0.6 is 23.2 Å². The maximum absolute atomic E-state index is 8.43. The van der Waals surface area contributed by atoms with Gasteiger partial charge in [0.2, 0.25) is 0 Å². The van der Waals surface area contributed by atoms with Gasteiger partial charge < -0.3 is 15.8 Å². The molecule has 0 atom stereocenters. The van der Waals surface area contributed by atoms with Crippen LogP contribution in [-0.4, -0.2) is 29.5 Å². The van der Waals surface area contributed by atoms with E-state index in [0.29, 0.717) is 29.6 Å². The molecular formula is C11H15Cl2N3O. The van der Waals surface area contributed by atoms with Crippen LogP contribution in [0.1, 0.15) is 12.0 Å². The normalized spacial score (nSPS) is 12.1. The van der Waals surface area contributed by atoms with Crippen LogP contribution in [0.2, 0.25) is 10.0 Å². The highest BCUT2D eigenvalue weighted by atomic mass is 35.5. The molecular weight excluding hydrogens is 261 g/mol. The predicted octanol–water partition coefficient (Wildman–Crippen LogP) is 2.56. The number of benzene rings is 1. The van der Waals surface area contributed by atoms with E-state index in [4.69, 9.17) is 34.1 Å². The zero-order chi connectivity index (χ0) is 12.8.